The average molecular weight is 607 g/mol. The number of nitrogens with one attached hydrogen (secondary N) is 1. The Morgan fingerprint density at radius 3 is 2.56 bits per heavy atom. The monoisotopic (exact) mass is 606 g/mol. The fourth-order valence-electron chi connectivity index (χ4n) is 7.76. The number of carbonyl (C=O) groups is 2. The van der Waals surface area contributed by atoms with Crippen LogP contribution in [-0.2, 0) is 21.6 Å². The maximum absolute atomic E-state index is 15.8. The summed E-state index contributed by atoms with van der Waals surface area (Å²) in [6.07, 6.45) is 3.59. The SMILES string of the molecule is Cn1c(-c2cc3ccc(S(C)(=O)=O)c4c3n2C(C2CC2)CN4)nc2cc(C(=O)N3C[C@H]4CC[C@@H]3[C@@H]4OC(N)=O)cc(F)c21. The van der Waals surface area contributed by atoms with Crippen LogP contribution in [0.25, 0.3) is 33.5 Å². The number of primary amides is 1. The van der Waals surface area contributed by atoms with Gasteiger partial charge < -0.3 is 29.8 Å². The third-order valence-electron chi connectivity index (χ3n) is 9.77. The van der Waals surface area contributed by atoms with E-state index >= 15 is 4.39 Å². The number of nitrogens with zero attached hydrogens (tertiary/aromatic N) is 4. The van der Waals surface area contributed by atoms with E-state index in [9.17, 15) is 18.0 Å². The van der Waals surface area contributed by atoms with Crippen LogP contribution < -0.4 is 11.1 Å². The molecule has 4 aliphatic rings. The lowest BCUT2D eigenvalue weighted by Crippen LogP contribution is -2.40. The molecular weight excluding hydrogens is 575 g/mol. The van der Waals surface area contributed by atoms with Gasteiger partial charge in [-0.1, -0.05) is 6.07 Å². The molecule has 1 saturated heterocycles. The van der Waals surface area contributed by atoms with Gasteiger partial charge in [0.2, 0.25) is 0 Å². The van der Waals surface area contributed by atoms with Gasteiger partial charge in [0.25, 0.3) is 5.91 Å². The topological polar surface area (TPSA) is 142 Å². The van der Waals surface area contributed by atoms with Gasteiger partial charge in [0.1, 0.15) is 17.4 Å². The molecule has 2 saturated carbocycles. The number of hydrogen-bond donors (Lipinski definition) is 2. The van der Waals surface area contributed by atoms with E-state index in [4.69, 9.17) is 15.5 Å². The molecule has 4 heterocycles. The van der Waals surface area contributed by atoms with Crippen molar-refractivity contribution >= 4 is 49.5 Å². The minimum absolute atomic E-state index is 0.0129. The number of hydrogen-bond acceptors (Lipinski definition) is 7. The molecule has 3 N–H and O–H groups in total. The van der Waals surface area contributed by atoms with Gasteiger partial charge in [-0.2, -0.15) is 0 Å². The molecule has 11 nitrogen and oxygen atoms in total. The quantitative estimate of drug-likeness (QED) is 0.352. The van der Waals surface area contributed by atoms with Gasteiger partial charge in [-0.05, 0) is 55.9 Å². The van der Waals surface area contributed by atoms with Crippen LogP contribution in [0, 0.1) is 17.7 Å². The second-order valence-electron chi connectivity index (χ2n) is 12.4. The van der Waals surface area contributed by atoms with Gasteiger partial charge in [0, 0.05) is 43.3 Å². The molecule has 224 valence electrons. The highest BCUT2D eigenvalue weighted by molar-refractivity contribution is 7.90. The highest BCUT2D eigenvalue weighted by atomic mass is 32.2. The number of imidazole rings is 1. The first kappa shape index (κ1) is 26.5. The maximum atomic E-state index is 15.8. The van der Waals surface area contributed by atoms with E-state index < -0.39 is 27.9 Å². The highest BCUT2D eigenvalue weighted by Crippen LogP contribution is 2.49. The molecule has 2 aliphatic carbocycles. The molecule has 1 unspecified atom stereocenters. The molecule has 2 aromatic carbocycles. The Bertz CT molecular complexity index is 2000. The molecule has 13 heteroatoms. The van der Waals surface area contributed by atoms with E-state index in [1.165, 1.54) is 12.3 Å². The van der Waals surface area contributed by atoms with Crippen molar-refractivity contribution in [2.45, 2.75) is 48.8 Å². The summed E-state index contributed by atoms with van der Waals surface area (Å²) in [7, 11) is -1.73. The van der Waals surface area contributed by atoms with Crippen molar-refractivity contribution in [2.24, 2.45) is 24.6 Å². The third-order valence-corrected chi connectivity index (χ3v) is 10.9. The summed E-state index contributed by atoms with van der Waals surface area (Å²) >= 11 is 0. The largest absolute Gasteiger partial charge is 0.444 e. The molecule has 0 radical (unpaired) electrons. The second kappa shape index (κ2) is 8.94. The number of benzene rings is 2. The van der Waals surface area contributed by atoms with Gasteiger partial charge in [0.05, 0.1) is 39.4 Å². The lowest BCUT2D eigenvalue weighted by Gasteiger charge is -2.30. The first-order valence-electron chi connectivity index (χ1n) is 14.6. The van der Waals surface area contributed by atoms with Gasteiger partial charge in [-0.15, -0.1) is 0 Å². The molecule has 2 aromatic heterocycles. The molecular formula is C30H31FN6O5S. The minimum atomic E-state index is -3.48. The summed E-state index contributed by atoms with van der Waals surface area (Å²) < 4.78 is 50.2. The number of carbonyl (C=O) groups excluding carboxylic acids is 2. The van der Waals surface area contributed by atoms with Crippen molar-refractivity contribution in [3.63, 3.8) is 0 Å². The van der Waals surface area contributed by atoms with E-state index in [-0.39, 0.29) is 39.9 Å². The Balaban J connectivity index is 1.24. The number of likely N-dealkylation sites (tertiary alicyclic amines) is 1. The summed E-state index contributed by atoms with van der Waals surface area (Å²) in [5, 5.41) is 4.27. The number of aryl methyl sites for hydroxylation is 1. The number of fused-ring (bicyclic) bond motifs is 3. The van der Waals surface area contributed by atoms with E-state index in [0.29, 0.717) is 42.5 Å². The first-order chi connectivity index (χ1) is 20.5. The number of amides is 2. The van der Waals surface area contributed by atoms with Gasteiger partial charge in [-0.3, -0.25) is 4.79 Å². The van der Waals surface area contributed by atoms with Crippen LogP contribution in [-0.4, -0.2) is 70.9 Å². The minimum Gasteiger partial charge on any atom is -0.444 e. The first-order valence-corrected chi connectivity index (χ1v) is 16.5. The maximum Gasteiger partial charge on any atom is 0.404 e. The summed E-state index contributed by atoms with van der Waals surface area (Å²) in [6.45, 7) is 0.999. The van der Waals surface area contributed by atoms with Crippen LogP contribution in [0.4, 0.5) is 14.9 Å². The van der Waals surface area contributed by atoms with Crippen molar-refractivity contribution in [2.75, 3.05) is 24.7 Å². The summed E-state index contributed by atoms with van der Waals surface area (Å²) in [6, 6.07) is 8.09. The Kier molecular flexibility index (Phi) is 5.51. The van der Waals surface area contributed by atoms with Gasteiger partial charge in [0.15, 0.2) is 15.7 Å². The van der Waals surface area contributed by atoms with Gasteiger partial charge >= 0.3 is 6.09 Å². The molecule has 4 aromatic rings. The standard InChI is InChI=1S/C30H31FN6O5S/c1-35-26-18(31)9-17(29(38)36-13-16-5-7-20(36)27(16)42-30(32)39)10-19(26)34-28(35)21-11-15-6-8-23(43(2,40)41)24-25(15)37(21)22(12-33-24)14-3-4-14/h6,8-11,14,16,20,22,27,33H,3-5,7,12-13H2,1-2H3,(H2,32,39)/t16-,20-,22?,27-/m1/s1. The van der Waals surface area contributed by atoms with E-state index in [1.807, 2.05) is 12.1 Å². The van der Waals surface area contributed by atoms with Crippen LogP contribution >= 0.6 is 0 Å². The molecule has 43 heavy (non-hydrogen) atoms. The van der Waals surface area contributed by atoms with Crippen LogP contribution in [0.5, 0.6) is 0 Å². The van der Waals surface area contributed by atoms with Crippen molar-refractivity contribution in [3.8, 4) is 11.5 Å². The molecule has 2 amide bonds. The van der Waals surface area contributed by atoms with Crippen molar-refractivity contribution in [1.29, 1.82) is 0 Å². The molecule has 0 spiro atoms. The van der Waals surface area contributed by atoms with Crippen molar-refractivity contribution in [1.82, 2.24) is 19.0 Å². The van der Waals surface area contributed by atoms with Crippen LogP contribution in [0.3, 0.4) is 0 Å². The molecule has 2 bridgehead atoms. The zero-order valence-electron chi connectivity index (χ0n) is 23.7. The Morgan fingerprint density at radius 2 is 1.84 bits per heavy atom. The fraction of sp³-hybridized carbons (Fsp3) is 0.433. The fourth-order valence-corrected chi connectivity index (χ4v) is 8.61. The number of nitrogens with two attached hydrogens (primary N) is 1. The molecule has 4 atom stereocenters. The van der Waals surface area contributed by atoms with Crippen molar-refractivity contribution < 1.29 is 27.1 Å². The predicted octanol–water partition coefficient (Wildman–Crippen LogP) is 3.81. The zero-order valence-corrected chi connectivity index (χ0v) is 24.5. The van der Waals surface area contributed by atoms with Gasteiger partial charge in [-0.25, -0.2) is 22.6 Å². The van der Waals surface area contributed by atoms with E-state index in [1.54, 1.807) is 28.6 Å². The predicted molar refractivity (Wildman–Crippen MR) is 157 cm³/mol. The number of sulfone groups is 1. The number of anilines is 1. The number of aromatic nitrogens is 3. The second-order valence-corrected chi connectivity index (χ2v) is 14.4. The Morgan fingerprint density at radius 1 is 1.07 bits per heavy atom. The Labute approximate surface area is 246 Å². The summed E-state index contributed by atoms with van der Waals surface area (Å²) in [5.74, 6) is 0.0973. The van der Waals surface area contributed by atoms with Crippen molar-refractivity contribution in [3.05, 3.63) is 41.7 Å². The zero-order chi connectivity index (χ0) is 29.9. The number of halogens is 1. The number of ether oxygens (including phenoxy) is 1. The summed E-state index contributed by atoms with van der Waals surface area (Å²) in [5.41, 5.74) is 8.23. The number of rotatable bonds is 5. The average Bonchev–Trinajstić information content (AvgIpc) is 3.36. The van der Waals surface area contributed by atoms with Crippen LogP contribution in [0.15, 0.2) is 35.2 Å². The lowest BCUT2D eigenvalue weighted by atomic mass is 10.1. The number of piperidine rings is 1. The Hall–Kier alpha value is -4.13. The third kappa shape index (κ3) is 3.89. The smallest absolute Gasteiger partial charge is 0.404 e. The van der Waals surface area contributed by atoms with E-state index in [0.717, 1.165) is 35.9 Å². The normalized spacial score (nSPS) is 24.6. The highest BCUT2D eigenvalue weighted by Gasteiger charge is 2.51. The van der Waals surface area contributed by atoms with E-state index in [2.05, 4.69) is 9.88 Å². The molecule has 2 aliphatic heterocycles. The lowest BCUT2D eigenvalue weighted by molar-refractivity contribution is 0.0598. The molecule has 3 fully saturated rings. The molecule has 8 rings (SSSR count). The van der Waals surface area contributed by atoms with Crippen LogP contribution in [0.2, 0.25) is 0 Å². The summed E-state index contributed by atoms with van der Waals surface area (Å²) in [4.78, 5) is 31.8. The van der Waals surface area contributed by atoms with Crippen LogP contribution in [0.1, 0.15) is 42.1 Å².